The summed E-state index contributed by atoms with van der Waals surface area (Å²) in [5.41, 5.74) is -1.31. The van der Waals surface area contributed by atoms with E-state index in [4.69, 9.17) is 0 Å². The van der Waals surface area contributed by atoms with Crippen molar-refractivity contribution >= 4 is 5.91 Å². The van der Waals surface area contributed by atoms with Crippen LogP contribution in [0.25, 0.3) is 0 Å². The molecule has 0 aromatic carbocycles. The Kier molecular flexibility index (Phi) is 5.10. The minimum Gasteiger partial charge on any atom is -0.349 e. The maximum Gasteiger partial charge on any atom is 0.433 e. The van der Waals surface area contributed by atoms with E-state index in [1.54, 1.807) is 0 Å². The second-order valence-electron chi connectivity index (χ2n) is 5.90. The summed E-state index contributed by atoms with van der Waals surface area (Å²) in [5, 5.41) is 2.48. The highest BCUT2D eigenvalue weighted by Gasteiger charge is 2.42. The van der Waals surface area contributed by atoms with Crippen LogP contribution in [0.2, 0.25) is 0 Å². The first-order valence-corrected chi connectivity index (χ1v) is 7.41. The normalized spacial score (nSPS) is 22.3. The third-order valence-electron chi connectivity index (χ3n) is 4.09. The van der Waals surface area contributed by atoms with Crippen LogP contribution in [0.15, 0.2) is 12.1 Å². The van der Waals surface area contributed by atoms with Gasteiger partial charge in [0, 0.05) is 6.04 Å². The van der Waals surface area contributed by atoms with Gasteiger partial charge in [0.15, 0.2) is 0 Å². The molecule has 0 spiro atoms. The lowest BCUT2D eigenvalue weighted by Gasteiger charge is -2.31. The molecule has 2 rings (SSSR count). The van der Waals surface area contributed by atoms with E-state index in [2.05, 4.69) is 10.3 Å². The van der Waals surface area contributed by atoms with Crippen molar-refractivity contribution in [1.82, 2.24) is 10.3 Å². The molecule has 1 amide bonds. The molecule has 1 aliphatic rings. The van der Waals surface area contributed by atoms with Crippen LogP contribution in [-0.2, 0) is 6.18 Å². The minimum absolute atomic E-state index is 0.0245. The Hall–Kier alpha value is -1.80. The van der Waals surface area contributed by atoms with E-state index in [0.717, 1.165) is 6.07 Å². The number of nitrogens with one attached hydrogen (secondary N) is 1. The summed E-state index contributed by atoms with van der Waals surface area (Å²) in [5.74, 6) is -2.18. The number of aromatic nitrogens is 1. The van der Waals surface area contributed by atoms with E-state index < -0.39 is 35.9 Å². The summed E-state index contributed by atoms with van der Waals surface area (Å²) >= 11 is 0. The van der Waals surface area contributed by atoms with Crippen molar-refractivity contribution in [3.05, 3.63) is 29.1 Å². The fraction of sp³-hybridized carbons (Fsp3) is 0.600. The van der Waals surface area contributed by atoms with Gasteiger partial charge in [0.05, 0.1) is 17.2 Å². The smallest absolute Gasteiger partial charge is 0.349 e. The molecule has 1 aromatic heterocycles. The molecule has 0 aliphatic heterocycles. The van der Waals surface area contributed by atoms with Crippen molar-refractivity contribution in [3.63, 3.8) is 0 Å². The van der Waals surface area contributed by atoms with Crippen LogP contribution in [0.1, 0.15) is 47.4 Å². The van der Waals surface area contributed by atoms with Crippen LogP contribution in [0.5, 0.6) is 0 Å². The molecule has 3 nitrogen and oxygen atoms in total. The first-order chi connectivity index (χ1) is 11.0. The van der Waals surface area contributed by atoms with Gasteiger partial charge in [-0.3, -0.25) is 4.79 Å². The van der Waals surface area contributed by atoms with Crippen LogP contribution in [0.4, 0.5) is 26.3 Å². The van der Waals surface area contributed by atoms with Crippen molar-refractivity contribution in [2.24, 2.45) is 5.92 Å². The van der Waals surface area contributed by atoms with Gasteiger partial charge in [-0.25, -0.2) is 4.98 Å². The van der Waals surface area contributed by atoms with Crippen molar-refractivity contribution < 1.29 is 31.1 Å². The summed E-state index contributed by atoms with van der Waals surface area (Å²) in [7, 11) is 0. The van der Waals surface area contributed by atoms with Gasteiger partial charge >= 0.3 is 12.4 Å². The van der Waals surface area contributed by atoms with Crippen LogP contribution in [0, 0.1) is 12.8 Å². The Morgan fingerprint density at radius 1 is 1.17 bits per heavy atom. The first kappa shape index (κ1) is 18.5. The molecule has 1 saturated carbocycles. The van der Waals surface area contributed by atoms with Crippen molar-refractivity contribution in [2.45, 2.75) is 51.0 Å². The molecule has 0 bridgehead atoms. The van der Waals surface area contributed by atoms with Crippen molar-refractivity contribution in [1.29, 1.82) is 0 Å². The number of carbonyl (C=O) groups is 1. The van der Waals surface area contributed by atoms with Gasteiger partial charge in [-0.2, -0.15) is 26.3 Å². The predicted molar refractivity (Wildman–Crippen MR) is 73.2 cm³/mol. The standard InChI is InChI=1S/C15H16F6N2O/c1-8-11(5-6-12(22-8)15(19,20)21)13(24)23-10-4-2-3-9(7-10)14(16,17)18/h5-6,9-10H,2-4,7H2,1H3,(H,23,24)/t9-,10+/m1/s1. The van der Waals surface area contributed by atoms with E-state index in [1.807, 2.05) is 0 Å². The molecule has 24 heavy (non-hydrogen) atoms. The third-order valence-corrected chi connectivity index (χ3v) is 4.09. The quantitative estimate of drug-likeness (QED) is 0.807. The molecule has 0 unspecified atom stereocenters. The van der Waals surface area contributed by atoms with Crippen LogP contribution >= 0.6 is 0 Å². The zero-order chi connectivity index (χ0) is 18.1. The lowest BCUT2D eigenvalue weighted by Crippen LogP contribution is -2.41. The number of hydrogen-bond acceptors (Lipinski definition) is 2. The number of halogens is 6. The number of nitrogens with zero attached hydrogens (tertiary/aromatic N) is 1. The van der Waals surface area contributed by atoms with E-state index in [0.29, 0.717) is 18.9 Å². The molecule has 1 fully saturated rings. The lowest BCUT2D eigenvalue weighted by atomic mass is 9.85. The topological polar surface area (TPSA) is 42.0 Å². The molecule has 1 aromatic rings. The summed E-state index contributed by atoms with van der Waals surface area (Å²) in [6.07, 6.45) is -8.39. The van der Waals surface area contributed by atoms with Crippen LogP contribution in [-0.4, -0.2) is 23.1 Å². The summed E-state index contributed by atoms with van der Waals surface area (Å²) < 4.78 is 76.0. The number of aryl methyl sites for hydroxylation is 1. The molecular formula is C15H16F6N2O. The van der Waals surface area contributed by atoms with Gasteiger partial charge in [0.1, 0.15) is 5.69 Å². The van der Waals surface area contributed by atoms with Crippen LogP contribution < -0.4 is 5.32 Å². The second-order valence-corrected chi connectivity index (χ2v) is 5.90. The van der Waals surface area contributed by atoms with Crippen molar-refractivity contribution in [2.75, 3.05) is 0 Å². The maximum absolute atomic E-state index is 12.8. The fourth-order valence-electron chi connectivity index (χ4n) is 2.84. The van der Waals surface area contributed by atoms with E-state index in [-0.39, 0.29) is 24.1 Å². The molecule has 1 heterocycles. The highest BCUT2D eigenvalue weighted by molar-refractivity contribution is 5.95. The highest BCUT2D eigenvalue weighted by atomic mass is 19.4. The monoisotopic (exact) mass is 354 g/mol. The molecule has 134 valence electrons. The van der Waals surface area contributed by atoms with E-state index in [9.17, 15) is 31.1 Å². The Morgan fingerprint density at radius 2 is 1.83 bits per heavy atom. The zero-order valence-electron chi connectivity index (χ0n) is 12.8. The lowest BCUT2D eigenvalue weighted by molar-refractivity contribution is -0.183. The minimum atomic E-state index is -4.62. The molecule has 0 saturated heterocycles. The Labute approximate surface area is 134 Å². The van der Waals surface area contributed by atoms with Crippen molar-refractivity contribution in [3.8, 4) is 0 Å². The van der Waals surface area contributed by atoms with Gasteiger partial charge in [-0.15, -0.1) is 0 Å². The van der Waals surface area contributed by atoms with Gasteiger partial charge in [0.25, 0.3) is 5.91 Å². The summed E-state index contributed by atoms with van der Waals surface area (Å²) in [4.78, 5) is 15.5. The van der Waals surface area contributed by atoms with E-state index >= 15 is 0 Å². The predicted octanol–water partition coefficient (Wildman–Crippen LogP) is 4.26. The number of rotatable bonds is 2. The number of amides is 1. The molecule has 1 N–H and O–H groups in total. The molecule has 2 atom stereocenters. The molecule has 9 heteroatoms. The Morgan fingerprint density at radius 3 is 2.38 bits per heavy atom. The number of alkyl halides is 6. The van der Waals surface area contributed by atoms with Gasteiger partial charge in [0.2, 0.25) is 0 Å². The number of pyridine rings is 1. The zero-order valence-corrected chi connectivity index (χ0v) is 12.8. The SMILES string of the molecule is Cc1nc(C(F)(F)F)ccc1C(=O)N[C@H]1CCC[C@@H](C(F)(F)F)C1. The van der Waals surface area contributed by atoms with Gasteiger partial charge < -0.3 is 5.32 Å². The summed E-state index contributed by atoms with van der Waals surface area (Å²) in [6, 6.07) is 1.02. The maximum atomic E-state index is 12.8. The Balaban J connectivity index is 2.07. The molecule has 1 aliphatic carbocycles. The van der Waals surface area contributed by atoms with Crippen LogP contribution in [0.3, 0.4) is 0 Å². The van der Waals surface area contributed by atoms with Gasteiger partial charge in [-0.05, 0) is 38.3 Å². The summed E-state index contributed by atoms with van der Waals surface area (Å²) in [6.45, 7) is 1.25. The highest BCUT2D eigenvalue weighted by Crippen LogP contribution is 2.37. The van der Waals surface area contributed by atoms with Gasteiger partial charge in [-0.1, -0.05) is 6.42 Å². The molecular weight excluding hydrogens is 338 g/mol. The van der Waals surface area contributed by atoms with E-state index in [1.165, 1.54) is 6.92 Å². The number of carbonyl (C=O) groups excluding carboxylic acids is 1. The Bertz CT molecular complexity index is 611. The fourth-order valence-corrected chi connectivity index (χ4v) is 2.84. The average molecular weight is 354 g/mol. The third kappa shape index (κ3) is 4.39. The average Bonchev–Trinajstić information content (AvgIpc) is 2.45. The first-order valence-electron chi connectivity index (χ1n) is 7.41. The second kappa shape index (κ2) is 6.60. The molecule has 0 radical (unpaired) electrons. The number of hydrogen-bond donors (Lipinski definition) is 1. The largest absolute Gasteiger partial charge is 0.433 e.